The largest absolute Gasteiger partial charge is 0.481 e. The molecule has 3 N–H and O–H groups in total. The summed E-state index contributed by atoms with van der Waals surface area (Å²) in [7, 11) is 0. The molecule has 0 aromatic rings. The van der Waals surface area contributed by atoms with E-state index < -0.39 is 29.2 Å². The second kappa shape index (κ2) is 17.3. The molecule has 3 aliphatic rings. The molecular weight excluding hydrogens is 556 g/mol. The number of nitrogens with one attached hydrogen (secondary N) is 2. The third-order valence-corrected chi connectivity index (χ3v) is 10.7. The fourth-order valence-corrected chi connectivity index (χ4v) is 7.79. The van der Waals surface area contributed by atoms with Crippen LogP contribution in [0.2, 0.25) is 0 Å². The maximum Gasteiger partial charge on any atom is 0.308 e. The Labute approximate surface area is 267 Å². The third kappa shape index (κ3) is 10.7. The fourth-order valence-electron chi connectivity index (χ4n) is 7.79. The van der Waals surface area contributed by atoms with Gasteiger partial charge >= 0.3 is 5.97 Å². The van der Waals surface area contributed by atoms with Crippen molar-refractivity contribution in [2.24, 2.45) is 22.7 Å². The van der Waals surface area contributed by atoms with Crippen LogP contribution in [0.25, 0.3) is 0 Å². The average Bonchev–Trinajstić information content (AvgIpc) is 3.64. The normalized spacial score (nSPS) is 26.2. The Kier molecular flexibility index (Phi) is 14.5. The Hall–Kier alpha value is -1.67. The van der Waals surface area contributed by atoms with Gasteiger partial charge in [0.1, 0.15) is 6.10 Å². The standard InChI is InChI=1S/C36H64N2O6/c1-6-7-8-9-10-11-12-13-14-15-16-22-36(23-17-18-24-36)33(42)38-29-21-19-20-27(29)28(32(40)41)25-37-31(39)30-34(2,3)26-43-35(4,5)44-30/h27-30H,6-26H2,1-5H3,(H,37,39)(H,38,42)(H,40,41). The van der Waals surface area contributed by atoms with E-state index in [0.29, 0.717) is 6.61 Å². The molecule has 1 saturated heterocycles. The number of carbonyl (C=O) groups is 3. The second-order valence-corrected chi connectivity index (χ2v) is 15.3. The summed E-state index contributed by atoms with van der Waals surface area (Å²) in [5.41, 5.74) is -0.843. The molecule has 2 saturated carbocycles. The van der Waals surface area contributed by atoms with E-state index in [4.69, 9.17) is 9.47 Å². The van der Waals surface area contributed by atoms with Crippen LogP contribution in [0.1, 0.15) is 157 Å². The summed E-state index contributed by atoms with van der Waals surface area (Å²) in [5.74, 6) is -2.97. The minimum Gasteiger partial charge on any atom is -0.481 e. The van der Waals surface area contributed by atoms with E-state index in [2.05, 4.69) is 17.6 Å². The van der Waals surface area contributed by atoms with Gasteiger partial charge < -0.3 is 25.2 Å². The SMILES string of the molecule is CCCCCCCCCCCCCC1(C(=O)NC2CCCC2C(CNC(=O)C2OC(C)(C)OCC2(C)C)C(=O)O)CCCC1. The highest BCUT2D eigenvalue weighted by Gasteiger charge is 2.47. The van der Waals surface area contributed by atoms with Crippen LogP contribution in [-0.4, -0.2) is 54.0 Å². The summed E-state index contributed by atoms with van der Waals surface area (Å²) >= 11 is 0. The highest BCUT2D eigenvalue weighted by Crippen LogP contribution is 2.44. The Morgan fingerprint density at radius 1 is 0.841 bits per heavy atom. The lowest BCUT2D eigenvalue weighted by Gasteiger charge is -2.44. The molecule has 4 unspecified atom stereocenters. The molecule has 44 heavy (non-hydrogen) atoms. The van der Waals surface area contributed by atoms with Gasteiger partial charge in [0.15, 0.2) is 5.79 Å². The number of aliphatic carboxylic acids is 1. The van der Waals surface area contributed by atoms with Gasteiger partial charge in [-0.25, -0.2) is 0 Å². The minimum absolute atomic E-state index is 0.0202. The van der Waals surface area contributed by atoms with Crippen molar-refractivity contribution >= 4 is 17.8 Å². The molecule has 8 heteroatoms. The molecule has 2 aliphatic carbocycles. The number of ether oxygens (including phenoxy) is 2. The van der Waals surface area contributed by atoms with Crippen LogP contribution in [0.4, 0.5) is 0 Å². The predicted molar refractivity (Wildman–Crippen MR) is 174 cm³/mol. The van der Waals surface area contributed by atoms with Crippen molar-refractivity contribution in [1.82, 2.24) is 10.6 Å². The van der Waals surface area contributed by atoms with Crippen LogP contribution in [0, 0.1) is 22.7 Å². The number of carboxylic acids is 1. The lowest BCUT2D eigenvalue weighted by Crippen LogP contribution is -2.57. The monoisotopic (exact) mass is 620 g/mol. The van der Waals surface area contributed by atoms with Crippen LogP contribution >= 0.6 is 0 Å². The van der Waals surface area contributed by atoms with E-state index >= 15 is 0 Å². The summed E-state index contributed by atoms with van der Waals surface area (Å²) in [6.45, 7) is 10.0. The number of carboxylic acid groups (broad SMARTS) is 1. The lowest BCUT2D eigenvalue weighted by molar-refractivity contribution is -0.304. The van der Waals surface area contributed by atoms with Gasteiger partial charge in [0.2, 0.25) is 11.8 Å². The van der Waals surface area contributed by atoms with Gasteiger partial charge in [0.05, 0.1) is 12.5 Å². The van der Waals surface area contributed by atoms with Crippen molar-refractivity contribution in [2.45, 2.75) is 175 Å². The van der Waals surface area contributed by atoms with Crippen molar-refractivity contribution in [1.29, 1.82) is 0 Å². The van der Waals surface area contributed by atoms with Crippen LogP contribution in [0.3, 0.4) is 0 Å². The van der Waals surface area contributed by atoms with Gasteiger partial charge in [-0.05, 0) is 51.9 Å². The van der Waals surface area contributed by atoms with Crippen LogP contribution in [0.15, 0.2) is 0 Å². The summed E-state index contributed by atoms with van der Waals surface area (Å²) in [5, 5.41) is 16.5. The summed E-state index contributed by atoms with van der Waals surface area (Å²) in [6, 6.07) is -0.176. The van der Waals surface area contributed by atoms with Crippen molar-refractivity contribution in [3.8, 4) is 0 Å². The number of amides is 2. The topological polar surface area (TPSA) is 114 Å². The van der Waals surface area contributed by atoms with Gasteiger partial charge in [-0.3, -0.25) is 14.4 Å². The molecule has 2 amide bonds. The molecule has 0 aromatic carbocycles. The highest BCUT2D eigenvalue weighted by atomic mass is 16.7. The number of hydrogen-bond donors (Lipinski definition) is 3. The molecule has 0 bridgehead atoms. The van der Waals surface area contributed by atoms with Crippen LogP contribution in [-0.2, 0) is 23.9 Å². The molecule has 4 atom stereocenters. The van der Waals surface area contributed by atoms with Crippen LogP contribution in [0.5, 0.6) is 0 Å². The molecule has 3 rings (SSSR count). The molecule has 254 valence electrons. The summed E-state index contributed by atoms with van der Waals surface area (Å²) in [4.78, 5) is 39.5. The first-order valence-corrected chi connectivity index (χ1v) is 18.0. The highest BCUT2D eigenvalue weighted by molar-refractivity contribution is 5.84. The Balaban J connectivity index is 1.49. The predicted octanol–water partition coefficient (Wildman–Crippen LogP) is 7.53. The maximum absolute atomic E-state index is 13.8. The number of hydrogen-bond acceptors (Lipinski definition) is 5. The number of carbonyl (C=O) groups excluding carboxylic acids is 2. The molecule has 1 aliphatic heterocycles. The first kappa shape index (κ1) is 36.8. The molecule has 0 radical (unpaired) electrons. The lowest BCUT2D eigenvalue weighted by atomic mass is 9.79. The minimum atomic E-state index is -0.930. The third-order valence-electron chi connectivity index (χ3n) is 10.7. The smallest absolute Gasteiger partial charge is 0.308 e. The quantitative estimate of drug-likeness (QED) is 0.129. The molecule has 0 spiro atoms. The van der Waals surface area contributed by atoms with Gasteiger partial charge in [-0.15, -0.1) is 0 Å². The zero-order valence-corrected chi connectivity index (χ0v) is 28.6. The van der Waals surface area contributed by atoms with E-state index in [9.17, 15) is 19.5 Å². The first-order chi connectivity index (χ1) is 20.9. The Bertz CT molecular complexity index is 912. The van der Waals surface area contributed by atoms with Gasteiger partial charge in [0, 0.05) is 23.4 Å². The van der Waals surface area contributed by atoms with E-state index in [1.54, 1.807) is 13.8 Å². The molecule has 1 heterocycles. The van der Waals surface area contributed by atoms with E-state index in [1.165, 1.54) is 64.2 Å². The van der Waals surface area contributed by atoms with Crippen molar-refractivity contribution in [3.05, 3.63) is 0 Å². The van der Waals surface area contributed by atoms with E-state index in [-0.39, 0.29) is 35.7 Å². The van der Waals surface area contributed by atoms with Gasteiger partial charge in [-0.2, -0.15) is 0 Å². The zero-order chi connectivity index (χ0) is 32.2. The van der Waals surface area contributed by atoms with E-state index in [0.717, 1.165) is 57.8 Å². The molecular formula is C36H64N2O6. The van der Waals surface area contributed by atoms with Crippen molar-refractivity contribution in [3.63, 3.8) is 0 Å². The fraction of sp³-hybridized carbons (Fsp3) is 0.917. The molecule has 3 fully saturated rings. The molecule has 0 aromatic heterocycles. The second-order valence-electron chi connectivity index (χ2n) is 15.3. The number of rotatable bonds is 19. The molecule has 8 nitrogen and oxygen atoms in total. The van der Waals surface area contributed by atoms with Gasteiger partial charge in [-0.1, -0.05) is 111 Å². The van der Waals surface area contributed by atoms with Crippen molar-refractivity contribution in [2.75, 3.05) is 13.2 Å². The Morgan fingerprint density at radius 3 is 2.02 bits per heavy atom. The van der Waals surface area contributed by atoms with Gasteiger partial charge in [0.25, 0.3) is 0 Å². The first-order valence-electron chi connectivity index (χ1n) is 18.0. The average molecular weight is 621 g/mol. The maximum atomic E-state index is 13.8. The van der Waals surface area contributed by atoms with Crippen LogP contribution < -0.4 is 10.6 Å². The number of unbranched alkanes of at least 4 members (excludes halogenated alkanes) is 10. The Morgan fingerprint density at radius 2 is 1.43 bits per heavy atom. The zero-order valence-electron chi connectivity index (χ0n) is 28.6. The van der Waals surface area contributed by atoms with E-state index in [1.807, 2.05) is 13.8 Å². The van der Waals surface area contributed by atoms with Crippen molar-refractivity contribution < 1.29 is 29.0 Å². The summed E-state index contributed by atoms with van der Waals surface area (Å²) in [6.07, 6.45) is 20.9. The summed E-state index contributed by atoms with van der Waals surface area (Å²) < 4.78 is 11.7.